The van der Waals surface area contributed by atoms with Crippen LogP contribution < -0.4 is 0 Å². The molecule has 0 bridgehead atoms. The Morgan fingerprint density at radius 2 is 1.87 bits per heavy atom. The summed E-state index contributed by atoms with van der Waals surface area (Å²) in [5, 5.41) is 5.52. The number of amides is 1. The van der Waals surface area contributed by atoms with Crippen LogP contribution in [0.3, 0.4) is 0 Å². The molecule has 1 saturated heterocycles. The lowest BCUT2D eigenvalue weighted by molar-refractivity contribution is 0.0628. The van der Waals surface area contributed by atoms with Crippen LogP contribution >= 0.6 is 0 Å². The molecule has 1 amide bonds. The van der Waals surface area contributed by atoms with Crippen molar-refractivity contribution in [2.24, 2.45) is 0 Å². The van der Waals surface area contributed by atoms with Crippen LogP contribution in [0, 0.1) is 19.7 Å². The fourth-order valence-electron chi connectivity index (χ4n) is 4.26. The molecule has 0 unspecified atom stereocenters. The Hall–Kier alpha value is -2.80. The molecule has 7 heteroatoms. The summed E-state index contributed by atoms with van der Waals surface area (Å²) in [6.07, 6.45) is 2.11. The Morgan fingerprint density at radius 1 is 1.13 bits per heavy atom. The van der Waals surface area contributed by atoms with Crippen LogP contribution in [0.5, 0.6) is 0 Å². The van der Waals surface area contributed by atoms with E-state index in [1.54, 1.807) is 6.07 Å². The fourth-order valence-corrected chi connectivity index (χ4v) is 4.26. The maximum atomic E-state index is 14.0. The van der Waals surface area contributed by atoms with Crippen LogP contribution in [0.25, 0.3) is 11.0 Å². The van der Waals surface area contributed by atoms with E-state index in [9.17, 15) is 9.18 Å². The predicted molar refractivity (Wildman–Crippen MR) is 119 cm³/mol. The average Bonchev–Trinajstić information content (AvgIpc) is 3.08. The second-order valence-corrected chi connectivity index (χ2v) is 8.33. The molecule has 3 aromatic rings. The maximum Gasteiger partial charge on any atom is 0.254 e. The standard InChI is InChI=1S/C24H30FN5O/c1-4-5-10-30-23-22(18(3)27-30)20(15-17(2)26-23)24(31)29-13-11-28(12-14-29)16-19-8-6-7-9-21(19)25/h6-9,15H,4-5,10-14,16H2,1-3H3. The molecule has 1 fully saturated rings. The first-order chi connectivity index (χ1) is 15.0. The van der Waals surface area contributed by atoms with E-state index in [0.717, 1.165) is 54.9 Å². The summed E-state index contributed by atoms with van der Waals surface area (Å²) in [4.78, 5) is 22.2. The van der Waals surface area contributed by atoms with Crippen LogP contribution in [0.1, 0.15) is 47.1 Å². The lowest BCUT2D eigenvalue weighted by atomic mass is 10.1. The Labute approximate surface area is 182 Å². The SMILES string of the molecule is CCCCn1nc(C)c2c(C(=O)N3CCN(Cc4ccccc4F)CC3)cc(C)nc21. The molecule has 1 aliphatic heterocycles. The van der Waals surface area contributed by atoms with Gasteiger partial charge in [-0.3, -0.25) is 9.69 Å². The summed E-state index contributed by atoms with van der Waals surface area (Å²) in [7, 11) is 0. The number of unbranched alkanes of at least 4 members (excludes halogenated alkanes) is 1. The van der Waals surface area contributed by atoms with Crippen molar-refractivity contribution < 1.29 is 9.18 Å². The second-order valence-electron chi connectivity index (χ2n) is 8.33. The van der Waals surface area contributed by atoms with Crippen LogP contribution in [0.15, 0.2) is 30.3 Å². The van der Waals surface area contributed by atoms with Crippen LogP contribution in [0.2, 0.25) is 0 Å². The molecule has 3 heterocycles. The molecule has 2 aromatic heterocycles. The van der Waals surface area contributed by atoms with Crippen LogP contribution in [-0.4, -0.2) is 56.7 Å². The number of aromatic nitrogens is 3. The number of halogens is 1. The minimum absolute atomic E-state index is 0.0270. The number of hydrogen-bond acceptors (Lipinski definition) is 4. The van der Waals surface area contributed by atoms with Gasteiger partial charge in [-0.15, -0.1) is 0 Å². The van der Waals surface area contributed by atoms with Gasteiger partial charge in [-0.25, -0.2) is 14.1 Å². The van der Waals surface area contributed by atoms with E-state index in [1.165, 1.54) is 6.07 Å². The zero-order chi connectivity index (χ0) is 22.0. The number of aryl methyl sites for hydroxylation is 3. The number of benzene rings is 1. The predicted octanol–water partition coefficient (Wildman–Crippen LogP) is 3.95. The van der Waals surface area contributed by atoms with Gasteiger partial charge < -0.3 is 4.90 Å². The van der Waals surface area contributed by atoms with Crippen molar-refractivity contribution in [2.75, 3.05) is 26.2 Å². The monoisotopic (exact) mass is 423 g/mol. The molecule has 31 heavy (non-hydrogen) atoms. The van der Waals surface area contributed by atoms with E-state index >= 15 is 0 Å². The van der Waals surface area contributed by atoms with E-state index in [-0.39, 0.29) is 11.7 Å². The molecule has 0 aliphatic carbocycles. The molecule has 0 radical (unpaired) electrons. The highest BCUT2D eigenvalue weighted by molar-refractivity contribution is 6.06. The van der Waals surface area contributed by atoms with Gasteiger partial charge in [0.1, 0.15) is 5.82 Å². The van der Waals surface area contributed by atoms with Crippen molar-refractivity contribution >= 4 is 16.9 Å². The average molecular weight is 424 g/mol. The Bertz CT molecular complexity index is 1090. The minimum Gasteiger partial charge on any atom is -0.336 e. The molecule has 6 nitrogen and oxygen atoms in total. The third kappa shape index (κ3) is 4.46. The van der Waals surface area contributed by atoms with E-state index in [4.69, 9.17) is 4.98 Å². The molecule has 164 valence electrons. The Balaban J connectivity index is 1.51. The summed E-state index contributed by atoms with van der Waals surface area (Å²) in [5.41, 5.74) is 3.86. The molecule has 0 atom stereocenters. The van der Waals surface area contributed by atoms with Crippen LogP contribution in [-0.2, 0) is 13.1 Å². The Kier molecular flexibility index (Phi) is 6.32. The summed E-state index contributed by atoms with van der Waals surface area (Å²) < 4.78 is 15.9. The lowest BCUT2D eigenvalue weighted by Crippen LogP contribution is -2.48. The van der Waals surface area contributed by atoms with Gasteiger partial charge in [-0.2, -0.15) is 5.10 Å². The van der Waals surface area contributed by atoms with Gasteiger partial charge in [0, 0.05) is 50.5 Å². The zero-order valence-electron chi connectivity index (χ0n) is 18.6. The van der Waals surface area contributed by atoms with Gasteiger partial charge in [0.2, 0.25) is 0 Å². The van der Waals surface area contributed by atoms with Crippen molar-refractivity contribution in [2.45, 2.75) is 46.7 Å². The summed E-state index contributed by atoms with van der Waals surface area (Å²) in [5.74, 6) is -0.148. The number of carbonyl (C=O) groups excluding carboxylic acids is 1. The number of carbonyl (C=O) groups is 1. The van der Waals surface area contributed by atoms with Crippen molar-refractivity contribution in [3.8, 4) is 0 Å². The van der Waals surface area contributed by atoms with E-state index in [2.05, 4.69) is 16.9 Å². The zero-order valence-corrected chi connectivity index (χ0v) is 18.6. The third-order valence-electron chi connectivity index (χ3n) is 5.97. The number of nitrogens with zero attached hydrogens (tertiary/aromatic N) is 5. The minimum atomic E-state index is -0.175. The molecule has 4 rings (SSSR count). The first-order valence-corrected chi connectivity index (χ1v) is 11.1. The summed E-state index contributed by atoms with van der Waals surface area (Å²) >= 11 is 0. The van der Waals surface area contributed by atoms with Gasteiger partial charge in [-0.05, 0) is 32.4 Å². The molecular formula is C24H30FN5O. The number of piperazine rings is 1. The van der Waals surface area contributed by atoms with Crippen molar-refractivity contribution in [3.63, 3.8) is 0 Å². The number of fused-ring (bicyclic) bond motifs is 1. The third-order valence-corrected chi connectivity index (χ3v) is 5.97. The first kappa shape index (κ1) is 21.4. The number of rotatable bonds is 6. The van der Waals surface area contributed by atoms with E-state index in [1.807, 2.05) is 41.6 Å². The van der Waals surface area contributed by atoms with Crippen LogP contribution in [0.4, 0.5) is 4.39 Å². The van der Waals surface area contributed by atoms with Gasteiger partial charge in [0.25, 0.3) is 5.91 Å². The van der Waals surface area contributed by atoms with Crippen molar-refractivity contribution in [3.05, 3.63) is 58.7 Å². The number of pyridine rings is 1. The van der Waals surface area contributed by atoms with Gasteiger partial charge in [0.05, 0.1) is 16.6 Å². The lowest BCUT2D eigenvalue weighted by Gasteiger charge is -2.35. The van der Waals surface area contributed by atoms with Crippen molar-refractivity contribution in [1.82, 2.24) is 24.6 Å². The molecular weight excluding hydrogens is 393 g/mol. The van der Waals surface area contributed by atoms with E-state index in [0.29, 0.717) is 30.8 Å². The highest BCUT2D eigenvalue weighted by Gasteiger charge is 2.26. The highest BCUT2D eigenvalue weighted by Crippen LogP contribution is 2.24. The molecule has 0 N–H and O–H groups in total. The second kappa shape index (κ2) is 9.14. The van der Waals surface area contributed by atoms with Crippen molar-refractivity contribution in [1.29, 1.82) is 0 Å². The van der Waals surface area contributed by atoms with Gasteiger partial charge >= 0.3 is 0 Å². The summed E-state index contributed by atoms with van der Waals surface area (Å²) in [6.45, 7) is 10.1. The Morgan fingerprint density at radius 3 is 2.58 bits per heavy atom. The van der Waals surface area contributed by atoms with Gasteiger partial charge in [0.15, 0.2) is 5.65 Å². The highest BCUT2D eigenvalue weighted by atomic mass is 19.1. The quantitative estimate of drug-likeness (QED) is 0.603. The fraction of sp³-hybridized carbons (Fsp3) is 0.458. The van der Waals surface area contributed by atoms with E-state index < -0.39 is 0 Å². The number of hydrogen-bond donors (Lipinski definition) is 0. The molecule has 1 aliphatic rings. The van der Waals surface area contributed by atoms with Gasteiger partial charge in [-0.1, -0.05) is 31.5 Å². The molecule has 0 saturated carbocycles. The maximum absolute atomic E-state index is 14.0. The molecule has 1 aromatic carbocycles. The largest absolute Gasteiger partial charge is 0.336 e. The normalized spacial score (nSPS) is 15.0. The molecule has 0 spiro atoms. The smallest absolute Gasteiger partial charge is 0.254 e. The topological polar surface area (TPSA) is 54.3 Å². The summed E-state index contributed by atoms with van der Waals surface area (Å²) in [6, 6.07) is 8.77. The first-order valence-electron chi connectivity index (χ1n) is 11.1.